The van der Waals surface area contributed by atoms with E-state index < -0.39 is 0 Å². The second-order valence-corrected chi connectivity index (χ2v) is 4.98. The van der Waals surface area contributed by atoms with Crippen molar-refractivity contribution >= 4 is 27.5 Å². The summed E-state index contributed by atoms with van der Waals surface area (Å²) >= 11 is 3.35. The van der Waals surface area contributed by atoms with Crippen molar-refractivity contribution in [2.75, 3.05) is 5.32 Å². The summed E-state index contributed by atoms with van der Waals surface area (Å²) in [6.07, 6.45) is 3.29. The summed E-state index contributed by atoms with van der Waals surface area (Å²) in [6, 6.07) is 7.53. The van der Waals surface area contributed by atoms with E-state index in [0.29, 0.717) is 5.56 Å². The Kier molecular flexibility index (Phi) is 3.77. The molecule has 1 aromatic heterocycles. The highest BCUT2D eigenvalue weighted by molar-refractivity contribution is 9.10. The zero-order valence-corrected chi connectivity index (χ0v) is 11.8. The van der Waals surface area contributed by atoms with Gasteiger partial charge in [-0.3, -0.25) is 9.78 Å². The number of halogens is 1. The summed E-state index contributed by atoms with van der Waals surface area (Å²) in [6.45, 7) is 3.94. The zero-order valence-electron chi connectivity index (χ0n) is 10.2. The van der Waals surface area contributed by atoms with Crippen molar-refractivity contribution in [1.82, 2.24) is 4.98 Å². The molecule has 4 heteroatoms. The van der Waals surface area contributed by atoms with Gasteiger partial charge in [-0.05, 0) is 47.5 Å². The standard InChI is InChI=1S/C14H13BrN2O/c1-9-3-4-11(10(2)7-9)14(18)17-13-5-6-16-8-12(13)15/h3-8H,1-2H3,(H,16,17,18). The molecule has 0 aliphatic rings. The van der Waals surface area contributed by atoms with Crippen LogP contribution in [-0.2, 0) is 0 Å². The molecule has 0 saturated heterocycles. The van der Waals surface area contributed by atoms with Crippen LogP contribution in [0.1, 0.15) is 21.5 Å². The Balaban J connectivity index is 2.25. The summed E-state index contributed by atoms with van der Waals surface area (Å²) in [5.41, 5.74) is 3.52. The van der Waals surface area contributed by atoms with E-state index in [9.17, 15) is 4.79 Å². The predicted molar refractivity (Wildman–Crippen MR) is 75.8 cm³/mol. The summed E-state index contributed by atoms with van der Waals surface area (Å²) < 4.78 is 0.767. The summed E-state index contributed by atoms with van der Waals surface area (Å²) in [4.78, 5) is 16.1. The van der Waals surface area contributed by atoms with Gasteiger partial charge in [0.05, 0.1) is 10.2 Å². The van der Waals surface area contributed by atoms with Crippen LogP contribution in [0.3, 0.4) is 0 Å². The molecule has 92 valence electrons. The Morgan fingerprint density at radius 2 is 2.06 bits per heavy atom. The van der Waals surface area contributed by atoms with Gasteiger partial charge >= 0.3 is 0 Å². The number of carbonyl (C=O) groups excluding carboxylic acids is 1. The molecule has 2 aromatic rings. The number of pyridine rings is 1. The molecule has 2 rings (SSSR count). The van der Waals surface area contributed by atoms with Crippen LogP contribution in [0.4, 0.5) is 5.69 Å². The van der Waals surface area contributed by atoms with Crippen molar-refractivity contribution in [1.29, 1.82) is 0 Å². The summed E-state index contributed by atoms with van der Waals surface area (Å²) in [5, 5.41) is 2.86. The molecule has 1 aromatic carbocycles. The van der Waals surface area contributed by atoms with E-state index in [1.165, 1.54) is 0 Å². The molecule has 18 heavy (non-hydrogen) atoms. The second-order valence-electron chi connectivity index (χ2n) is 4.13. The van der Waals surface area contributed by atoms with Gasteiger partial charge < -0.3 is 5.32 Å². The Morgan fingerprint density at radius 3 is 2.72 bits per heavy atom. The number of benzene rings is 1. The lowest BCUT2D eigenvalue weighted by atomic mass is 10.1. The van der Waals surface area contributed by atoms with Crippen LogP contribution < -0.4 is 5.32 Å². The third kappa shape index (κ3) is 2.76. The molecule has 1 amide bonds. The topological polar surface area (TPSA) is 42.0 Å². The fourth-order valence-electron chi connectivity index (χ4n) is 1.73. The van der Waals surface area contributed by atoms with Gasteiger partial charge in [-0.25, -0.2) is 0 Å². The van der Waals surface area contributed by atoms with Crippen LogP contribution in [0, 0.1) is 13.8 Å². The fourth-order valence-corrected chi connectivity index (χ4v) is 2.08. The average molecular weight is 305 g/mol. The Morgan fingerprint density at radius 1 is 1.28 bits per heavy atom. The molecule has 3 nitrogen and oxygen atoms in total. The number of nitrogens with one attached hydrogen (secondary N) is 1. The number of amides is 1. The van der Waals surface area contributed by atoms with E-state index in [4.69, 9.17) is 0 Å². The molecule has 0 fully saturated rings. The largest absolute Gasteiger partial charge is 0.321 e. The highest BCUT2D eigenvalue weighted by atomic mass is 79.9. The maximum atomic E-state index is 12.1. The maximum Gasteiger partial charge on any atom is 0.255 e. The molecule has 0 aliphatic carbocycles. The summed E-state index contributed by atoms with van der Waals surface area (Å²) in [5.74, 6) is -0.112. The van der Waals surface area contributed by atoms with Crippen molar-refractivity contribution in [3.63, 3.8) is 0 Å². The first kappa shape index (κ1) is 12.8. The minimum Gasteiger partial charge on any atom is -0.321 e. The van der Waals surface area contributed by atoms with Crippen LogP contribution in [-0.4, -0.2) is 10.9 Å². The number of anilines is 1. The lowest BCUT2D eigenvalue weighted by Crippen LogP contribution is -2.13. The van der Waals surface area contributed by atoms with Gasteiger partial charge in [0.15, 0.2) is 0 Å². The van der Waals surface area contributed by atoms with Crippen molar-refractivity contribution in [2.45, 2.75) is 13.8 Å². The third-order valence-electron chi connectivity index (χ3n) is 2.65. The minimum atomic E-state index is -0.112. The van der Waals surface area contributed by atoms with Gasteiger partial charge in [0, 0.05) is 18.0 Å². The number of nitrogens with zero attached hydrogens (tertiary/aromatic N) is 1. The van der Waals surface area contributed by atoms with Crippen LogP contribution in [0.5, 0.6) is 0 Å². The number of hydrogen-bond acceptors (Lipinski definition) is 2. The van der Waals surface area contributed by atoms with Gasteiger partial charge in [-0.2, -0.15) is 0 Å². The van der Waals surface area contributed by atoms with Gasteiger partial charge in [0.25, 0.3) is 5.91 Å². The third-order valence-corrected chi connectivity index (χ3v) is 3.28. The van der Waals surface area contributed by atoms with Crippen molar-refractivity contribution in [2.24, 2.45) is 0 Å². The lowest BCUT2D eigenvalue weighted by molar-refractivity contribution is 0.102. The fraction of sp³-hybridized carbons (Fsp3) is 0.143. The molecule has 0 unspecified atom stereocenters. The lowest BCUT2D eigenvalue weighted by Gasteiger charge is -2.09. The van der Waals surface area contributed by atoms with Gasteiger partial charge in [0.1, 0.15) is 0 Å². The first-order valence-corrected chi connectivity index (χ1v) is 6.35. The molecule has 0 aliphatic heterocycles. The van der Waals surface area contributed by atoms with Crippen molar-refractivity contribution in [3.8, 4) is 0 Å². The first-order chi connectivity index (χ1) is 8.58. The van der Waals surface area contributed by atoms with E-state index in [1.54, 1.807) is 18.5 Å². The van der Waals surface area contributed by atoms with Crippen LogP contribution in [0.15, 0.2) is 41.1 Å². The zero-order chi connectivity index (χ0) is 13.1. The molecule has 0 bridgehead atoms. The molecular weight excluding hydrogens is 292 g/mol. The Hall–Kier alpha value is -1.68. The van der Waals surface area contributed by atoms with Crippen LogP contribution in [0.2, 0.25) is 0 Å². The van der Waals surface area contributed by atoms with E-state index in [-0.39, 0.29) is 5.91 Å². The Bertz CT molecular complexity index is 596. The number of rotatable bonds is 2. The van der Waals surface area contributed by atoms with Crippen LogP contribution in [0.25, 0.3) is 0 Å². The normalized spacial score (nSPS) is 10.2. The molecule has 0 spiro atoms. The second kappa shape index (κ2) is 5.31. The smallest absolute Gasteiger partial charge is 0.255 e. The van der Waals surface area contributed by atoms with Gasteiger partial charge in [-0.15, -0.1) is 0 Å². The molecule has 0 radical (unpaired) electrons. The number of carbonyl (C=O) groups is 1. The number of aromatic nitrogens is 1. The van der Waals surface area contributed by atoms with Crippen molar-refractivity contribution in [3.05, 3.63) is 57.8 Å². The number of hydrogen-bond donors (Lipinski definition) is 1. The van der Waals surface area contributed by atoms with Gasteiger partial charge in [0.2, 0.25) is 0 Å². The van der Waals surface area contributed by atoms with Gasteiger partial charge in [-0.1, -0.05) is 17.7 Å². The van der Waals surface area contributed by atoms with E-state index in [0.717, 1.165) is 21.3 Å². The number of aryl methyl sites for hydroxylation is 2. The van der Waals surface area contributed by atoms with Crippen molar-refractivity contribution < 1.29 is 4.79 Å². The highest BCUT2D eigenvalue weighted by Gasteiger charge is 2.10. The van der Waals surface area contributed by atoms with E-state index in [1.807, 2.05) is 32.0 Å². The minimum absolute atomic E-state index is 0.112. The SMILES string of the molecule is Cc1ccc(C(=O)Nc2ccncc2Br)c(C)c1. The molecule has 1 N–H and O–H groups in total. The summed E-state index contributed by atoms with van der Waals surface area (Å²) in [7, 11) is 0. The van der Waals surface area contributed by atoms with Crippen LogP contribution >= 0.6 is 15.9 Å². The molecule has 0 atom stereocenters. The average Bonchev–Trinajstić information content (AvgIpc) is 2.32. The molecular formula is C14H13BrN2O. The molecule has 1 heterocycles. The predicted octanol–water partition coefficient (Wildman–Crippen LogP) is 3.71. The quantitative estimate of drug-likeness (QED) is 0.919. The monoisotopic (exact) mass is 304 g/mol. The Labute approximate surface area is 114 Å². The first-order valence-electron chi connectivity index (χ1n) is 5.56. The highest BCUT2D eigenvalue weighted by Crippen LogP contribution is 2.21. The maximum absolute atomic E-state index is 12.1. The molecule has 0 saturated carbocycles. The van der Waals surface area contributed by atoms with E-state index >= 15 is 0 Å². The van der Waals surface area contributed by atoms with E-state index in [2.05, 4.69) is 26.2 Å².